The van der Waals surface area contributed by atoms with Crippen molar-refractivity contribution in [3.8, 4) is 5.75 Å². The van der Waals surface area contributed by atoms with Gasteiger partial charge < -0.3 is 35.2 Å². The fourth-order valence-electron chi connectivity index (χ4n) is 2.12. The summed E-state index contributed by atoms with van der Waals surface area (Å²) >= 11 is 0. The Morgan fingerprint density at radius 3 is 2.36 bits per heavy atom. The van der Waals surface area contributed by atoms with Crippen LogP contribution in [-0.2, 0) is 9.53 Å². The molecule has 0 saturated carbocycles. The van der Waals surface area contributed by atoms with E-state index in [1.54, 1.807) is 24.3 Å². The summed E-state index contributed by atoms with van der Waals surface area (Å²) in [5.41, 5.74) is 0.577. The van der Waals surface area contributed by atoms with E-state index in [-0.39, 0.29) is 5.91 Å². The monoisotopic (exact) mass is 313 g/mol. The third-order valence-corrected chi connectivity index (χ3v) is 3.28. The summed E-state index contributed by atoms with van der Waals surface area (Å²) in [6.45, 7) is 0.866. The molecule has 1 amide bonds. The predicted molar refractivity (Wildman–Crippen MR) is 75.1 cm³/mol. The zero-order valence-electron chi connectivity index (χ0n) is 11.9. The Morgan fingerprint density at radius 2 is 1.82 bits per heavy atom. The van der Waals surface area contributed by atoms with Gasteiger partial charge in [0.05, 0.1) is 6.61 Å². The van der Waals surface area contributed by atoms with Crippen LogP contribution in [0.3, 0.4) is 0 Å². The van der Waals surface area contributed by atoms with Crippen molar-refractivity contribution >= 4 is 11.6 Å². The maximum atomic E-state index is 10.9. The van der Waals surface area contributed by atoms with Crippen LogP contribution in [0.2, 0.25) is 0 Å². The SMILES string of the molecule is CC(=O)Nc1ccc(O[C@H]2OC(CO)[C@@H](O)C(O)C2O)cc1. The molecule has 2 rings (SSSR count). The number of carbonyl (C=O) groups excluding carboxylic acids is 1. The Bertz CT molecular complexity index is 504. The number of ether oxygens (including phenoxy) is 2. The molecule has 1 heterocycles. The third kappa shape index (κ3) is 3.73. The number of hydrogen-bond acceptors (Lipinski definition) is 7. The van der Waals surface area contributed by atoms with E-state index < -0.39 is 37.3 Å². The first-order valence-corrected chi connectivity index (χ1v) is 6.77. The van der Waals surface area contributed by atoms with E-state index in [1.807, 2.05) is 0 Å². The molecule has 8 heteroatoms. The van der Waals surface area contributed by atoms with Gasteiger partial charge >= 0.3 is 0 Å². The van der Waals surface area contributed by atoms with Gasteiger partial charge in [0, 0.05) is 12.6 Å². The molecule has 5 atom stereocenters. The van der Waals surface area contributed by atoms with Crippen molar-refractivity contribution in [2.45, 2.75) is 37.6 Å². The average molecular weight is 313 g/mol. The molecule has 0 radical (unpaired) electrons. The van der Waals surface area contributed by atoms with Gasteiger partial charge in [-0.25, -0.2) is 0 Å². The lowest BCUT2D eigenvalue weighted by atomic mass is 9.99. The second-order valence-electron chi connectivity index (χ2n) is 5.02. The first kappa shape index (κ1) is 16.7. The summed E-state index contributed by atoms with van der Waals surface area (Å²) in [4.78, 5) is 10.9. The van der Waals surface area contributed by atoms with Gasteiger partial charge in [-0.3, -0.25) is 4.79 Å². The van der Waals surface area contributed by atoms with Crippen LogP contribution in [0, 0.1) is 0 Å². The summed E-state index contributed by atoms with van der Waals surface area (Å²) in [7, 11) is 0. The summed E-state index contributed by atoms with van der Waals surface area (Å²) in [5.74, 6) is 0.126. The summed E-state index contributed by atoms with van der Waals surface area (Å²) in [6.07, 6.45) is -6.64. The van der Waals surface area contributed by atoms with Crippen LogP contribution in [0.4, 0.5) is 5.69 Å². The molecule has 1 aliphatic rings. The van der Waals surface area contributed by atoms with Crippen LogP contribution in [0.15, 0.2) is 24.3 Å². The van der Waals surface area contributed by atoms with Gasteiger partial charge in [0.1, 0.15) is 30.2 Å². The van der Waals surface area contributed by atoms with Crippen molar-refractivity contribution in [2.24, 2.45) is 0 Å². The van der Waals surface area contributed by atoms with Crippen LogP contribution in [-0.4, -0.2) is 63.6 Å². The third-order valence-electron chi connectivity index (χ3n) is 3.28. The molecule has 1 aromatic carbocycles. The molecular formula is C14H19NO7. The number of benzene rings is 1. The van der Waals surface area contributed by atoms with Crippen LogP contribution >= 0.6 is 0 Å². The van der Waals surface area contributed by atoms with Gasteiger partial charge in [-0.1, -0.05) is 0 Å². The van der Waals surface area contributed by atoms with Gasteiger partial charge in [-0.15, -0.1) is 0 Å². The lowest BCUT2D eigenvalue weighted by molar-refractivity contribution is -0.277. The predicted octanol–water partition coefficient (Wildman–Crippen LogP) is -1.18. The second-order valence-corrected chi connectivity index (χ2v) is 5.02. The minimum atomic E-state index is -1.49. The molecule has 122 valence electrons. The summed E-state index contributed by atoms with van der Waals surface area (Å²) in [5, 5.41) is 40.9. The van der Waals surface area contributed by atoms with E-state index in [0.29, 0.717) is 11.4 Å². The highest BCUT2D eigenvalue weighted by Gasteiger charge is 2.44. The van der Waals surface area contributed by atoms with Gasteiger partial charge in [0.25, 0.3) is 0 Å². The van der Waals surface area contributed by atoms with Crippen molar-refractivity contribution < 1.29 is 34.7 Å². The highest BCUT2D eigenvalue weighted by molar-refractivity contribution is 5.88. The highest BCUT2D eigenvalue weighted by atomic mass is 16.7. The normalized spacial score (nSPS) is 31.6. The quantitative estimate of drug-likeness (QED) is 0.473. The lowest BCUT2D eigenvalue weighted by Crippen LogP contribution is -2.60. The van der Waals surface area contributed by atoms with E-state index >= 15 is 0 Å². The van der Waals surface area contributed by atoms with E-state index in [1.165, 1.54) is 6.92 Å². The Labute approximate surface area is 126 Å². The second kappa shape index (κ2) is 7.03. The number of aliphatic hydroxyl groups excluding tert-OH is 4. The maximum Gasteiger partial charge on any atom is 0.229 e. The standard InChI is InChI=1S/C14H19NO7/c1-7(17)15-8-2-4-9(5-3-8)21-14-13(20)12(19)11(18)10(6-16)22-14/h2-5,10-14,16,18-20H,6H2,1H3,(H,15,17)/t10?,11-,12?,13?,14+/m1/s1. The van der Waals surface area contributed by atoms with Crippen LogP contribution in [0.1, 0.15) is 6.92 Å². The minimum absolute atomic E-state index is 0.206. The molecule has 0 bridgehead atoms. The minimum Gasteiger partial charge on any atom is -0.462 e. The smallest absolute Gasteiger partial charge is 0.229 e. The van der Waals surface area contributed by atoms with E-state index in [2.05, 4.69) is 5.32 Å². The van der Waals surface area contributed by atoms with Crippen molar-refractivity contribution in [2.75, 3.05) is 11.9 Å². The Morgan fingerprint density at radius 1 is 1.18 bits per heavy atom. The average Bonchev–Trinajstić information content (AvgIpc) is 2.49. The molecule has 22 heavy (non-hydrogen) atoms. The van der Waals surface area contributed by atoms with Gasteiger partial charge in [-0.2, -0.15) is 0 Å². The number of anilines is 1. The number of aliphatic hydroxyl groups is 4. The van der Waals surface area contributed by atoms with E-state index in [4.69, 9.17) is 14.6 Å². The largest absolute Gasteiger partial charge is 0.462 e. The van der Waals surface area contributed by atoms with Crippen LogP contribution < -0.4 is 10.1 Å². The molecular weight excluding hydrogens is 294 g/mol. The number of nitrogens with one attached hydrogen (secondary N) is 1. The fourth-order valence-corrected chi connectivity index (χ4v) is 2.12. The molecule has 1 fully saturated rings. The van der Waals surface area contributed by atoms with Crippen LogP contribution in [0.25, 0.3) is 0 Å². The number of amides is 1. The summed E-state index contributed by atoms with van der Waals surface area (Å²) in [6, 6.07) is 6.29. The molecule has 1 saturated heterocycles. The molecule has 0 aromatic heterocycles. The number of rotatable bonds is 4. The Balaban J connectivity index is 2.04. The van der Waals surface area contributed by atoms with Gasteiger partial charge in [0.15, 0.2) is 0 Å². The number of hydrogen-bond donors (Lipinski definition) is 5. The zero-order chi connectivity index (χ0) is 16.3. The van der Waals surface area contributed by atoms with Crippen molar-refractivity contribution in [3.05, 3.63) is 24.3 Å². The van der Waals surface area contributed by atoms with E-state index in [0.717, 1.165) is 0 Å². The molecule has 1 aromatic rings. The number of carbonyl (C=O) groups is 1. The molecule has 0 spiro atoms. The Hall–Kier alpha value is -1.71. The molecule has 0 aliphatic carbocycles. The summed E-state index contributed by atoms with van der Waals surface area (Å²) < 4.78 is 10.6. The van der Waals surface area contributed by atoms with Crippen molar-refractivity contribution in [3.63, 3.8) is 0 Å². The molecule has 5 N–H and O–H groups in total. The zero-order valence-corrected chi connectivity index (χ0v) is 11.9. The fraction of sp³-hybridized carbons (Fsp3) is 0.500. The topological polar surface area (TPSA) is 128 Å². The van der Waals surface area contributed by atoms with Crippen molar-refractivity contribution in [1.82, 2.24) is 0 Å². The van der Waals surface area contributed by atoms with E-state index in [9.17, 15) is 20.1 Å². The van der Waals surface area contributed by atoms with Gasteiger partial charge in [-0.05, 0) is 24.3 Å². The molecule has 8 nitrogen and oxygen atoms in total. The maximum absolute atomic E-state index is 10.9. The first-order chi connectivity index (χ1) is 10.4. The Kier molecular flexibility index (Phi) is 5.33. The molecule has 1 aliphatic heterocycles. The molecule has 3 unspecified atom stereocenters. The first-order valence-electron chi connectivity index (χ1n) is 6.77. The van der Waals surface area contributed by atoms with Gasteiger partial charge in [0.2, 0.25) is 12.2 Å². The lowest BCUT2D eigenvalue weighted by Gasteiger charge is -2.39. The van der Waals surface area contributed by atoms with Crippen molar-refractivity contribution in [1.29, 1.82) is 0 Å². The van der Waals surface area contributed by atoms with Crippen LogP contribution in [0.5, 0.6) is 5.75 Å². The highest BCUT2D eigenvalue weighted by Crippen LogP contribution is 2.25.